The molecule has 122 valence electrons. The third-order valence-electron chi connectivity index (χ3n) is 4.20. The molecule has 0 bridgehead atoms. The highest BCUT2D eigenvalue weighted by atomic mass is 16.5. The minimum absolute atomic E-state index is 0.348. The lowest BCUT2D eigenvalue weighted by atomic mass is 9.78. The smallest absolute Gasteiger partial charge is 0.108 e. The fourth-order valence-corrected chi connectivity index (χ4v) is 3.48. The van der Waals surface area contributed by atoms with E-state index < -0.39 is 0 Å². The molecule has 0 radical (unpaired) electrons. The molecule has 1 fully saturated rings. The lowest BCUT2D eigenvalue weighted by Gasteiger charge is -2.43. The predicted octanol–water partition coefficient (Wildman–Crippen LogP) is 2.79. The van der Waals surface area contributed by atoms with Crippen LogP contribution in [0.5, 0.6) is 0 Å². The van der Waals surface area contributed by atoms with Crippen molar-refractivity contribution in [3.8, 4) is 6.07 Å². The summed E-state index contributed by atoms with van der Waals surface area (Å²) in [7, 11) is 1.76. The molecule has 1 saturated carbocycles. The quantitative estimate of drug-likeness (QED) is 0.748. The number of nitrogens with zero attached hydrogens (tertiary/aromatic N) is 2. The summed E-state index contributed by atoms with van der Waals surface area (Å²) in [6, 6.07) is 3.41. The van der Waals surface area contributed by atoms with Crippen molar-refractivity contribution < 1.29 is 4.74 Å². The first-order valence-electron chi connectivity index (χ1n) is 8.34. The van der Waals surface area contributed by atoms with Gasteiger partial charge in [0, 0.05) is 32.3 Å². The normalized spacial score (nSPS) is 26.5. The van der Waals surface area contributed by atoms with Crippen molar-refractivity contribution in [1.29, 1.82) is 5.26 Å². The number of ether oxygens (including phenoxy) is 1. The molecule has 2 atom stereocenters. The summed E-state index contributed by atoms with van der Waals surface area (Å²) >= 11 is 0. The average molecular weight is 295 g/mol. The van der Waals surface area contributed by atoms with Crippen LogP contribution < -0.4 is 5.32 Å². The van der Waals surface area contributed by atoms with Crippen molar-refractivity contribution in [2.75, 3.05) is 26.8 Å². The van der Waals surface area contributed by atoms with E-state index in [-0.39, 0.29) is 5.54 Å². The van der Waals surface area contributed by atoms with Gasteiger partial charge >= 0.3 is 0 Å². The monoisotopic (exact) mass is 295 g/mol. The van der Waals surface area contributed by atoms with E-state index in [0.717, 1.165) is 39.0 Å². The lowest BCUT2D eigenvalue weighted by Crippen LogP contribution is -2.55. The Morgan fingerprint density at radius 3 is 2.62 bits per heavy atom. The van der Waals surface area contributed by atoms with Crippen molar-refractivity contribution in [2.45, 2.75) is 71.0 Å². The molecule has 0 aromatic carbocycles. The van der Waals surface area contributed by atoms with Gasteiger partial charge in [-0.15, -0.1) is 0 Å². The molecule has 2 unspecified atom stereocenters. The van der Waals surface area contributed by atoms with Gasteiger partial charge < -0.3 is 4.74 Å². The van der Waals surface area contributed by atoms with Crippen LogP contribution in [0.3, 0.4) is 0 Å². The van der Waals surface area contributed by atoms with Crippen LogP contribution in [-0.4, -0.2) is 49.3 Å². The molecule has 0 amide bonds. The lowest BCUT2D eigenvalue weighted by molar-refractivity contribution is 0.0736. The van der Waals surface area contributed by atoms with Crippen molar-refractivity contribution in [3.63, 3.8) is 0 Å². The molecule has 0 aliphatic heterocycles. The number of hydrogen-bond donors (Lipinski definition) is 1. The molecule has 1 aliphatic rings. The largest absolute Gasteiger partial charge is 0.383 e. The summed E-state index contributed by atoms with van der Waals surface area (Å²) in [4.78, 5) is 2.53. The van der Waals surface area contributed by atoms with Gasteiger partial charge in [-0.1, -0.05) is 13.8 Å². The number of hydrogen-bond acceptors (Lipinski definition) is 4. The minimum Gasteiger partial charge on any atom is -0.383 e. The molecule has 1 rings (SSSR count). The second kappa shape index (κ2) is 8.73. The summed E-state index contributed by atoms with van der Waals surface area (Å²) in [6.45, 7) is 11.6. The van der Waals surface area contributed by atoms with E-state index in [2.05, 4.69) is 44.0 Å². The van der Waals surface area contributed by atoms with Crippen LogP contribution in [0.15, 0.2) is 0 Å². The zero-order valence-corrected chi connectivity index (χ0v) is 14.5. The summed E-state index contributed by atoms with van der Waals surface area (Å²) in [5.74, 6) is 0.637. The van der Waals surface area contributed by atoms with Crippen LogP contribution in [0.2, 0.25) is 0 Å². The Hall–Kier alpha value is -0.630. The Labute approximate surface area is 130 Å². The summed E-state index contributed by atoms with van der Waals surface area (Å²) in [6.07, 6.45) is 4.22. The minimum atomic E-state index is -0.348. The van der Waals surface area contributed by atoms with Gasteiger partial charge in [0.15, 0.2) is 0 Å². The Kier molecular flexibility index (Phi) is 7.65. The van der Waals surface area contributed by atoms with E-state index in [1.807, 2.05) is 0 Å². The zero-order chi connectivity index (χ0) is 15.9. The van der Waals surface area contributed by atoms with Gasteiger partial charge in [-0.2, -0.15) is 5.26 Å². The third kappa shape index (κ3) is 5.94. The molecule has 0 heterocycles. The SMILES string of the molecule is COCCN(CC(C)C)C1CCCC(C#N)(NC(C)C)C1. The Balaban J connectivity index is 2.76. The van der Waals surface area contributed by atoms with Crippen molar-refractivity contribution >= 4 is 0 Å². The number of nitriles is 1. The van der Waals surface area contributed by atoms with Crippen LogP contribution in [0, 0.1) is 17.2 Å². The van der Waals surface area contributed by atoms with Gasteiger partial charge in [-0.25, -0.2) is 0 Å². The molecule has 4 nitrogen and oxygen atoms in total. The van der Waals surface area contributed by atoms with Crippen LogP contribution >= 0.6 is 0 Å². The molecule has 21 heavy (non-hydrogen) atoms. The highest BCUT2D eigenvalue weighted by Gasteiger charge is 2.38. The first-order chi connectivity index (χ1) is 9.92. The van der Waals surface area contributed by atoms with Gasteiger partial charge in [0.1, 0.15) is 5.54 Å². The van der Waals surface area contributed by atoms with Gasteiger partial charge in [-0.05, 0) is 45.4 Å². The second-order valence-electron chi connectivity index (χ2n) is 7.12. The van der Waals surface area contributed by atoms with Crippen molar-refractivity contribution in [1.82, 2.24) is 10.2 Å². The van der Waals surface area contributed by atoms with E-state index in [0.29, 0.717) is 18.0 Å². The first kappa shape index (κ1) is 18.4. The summed E-state index contributed by atoms with van der Waals surface area (Å²) < 4.78 is 5.27. The first-order valence-corrected chi connectivity index (χ1v) is 8.34. The molecule has 0 saturated heterocycles. The maximum absolute atomic E-state index is 9.69. The zero-order valence-electron chi connectivity index (χ0n) is 14.5. The van der Waals surface area contributed by atoms with E-state index >= 15 is 0 Å². The fraction of sp³-hybridized carbons (Fsp3) is 0.941. The van der Waals surface area contributed by atoms with E-state index in [9.17, 15) is 5.26 Å². The van der Waals surface area contributed by atoms with E-state index in [1.54, 1.807) is 7.11 Å². The highest BCUT2D eigenvalue weighted by Crippen LogP contribution is 2.31. The summed E-state index contributed by atoms with van der Waals surface area (Å²) in [5.41, 5.74) is -0.348. The Morgan fingerprint density at radius 1 is 1.38 bits per heavy atom. The molecular weight excluding hydrogens is 262 g/mol. The molecule has 1 N–H and O–H groups in total. The molecule has 0 aromatic rings. The standard InChI is InChI=1S/C17H33N3O/c1-14(2)12-20(9-10-21-5)16-7-6-8-17(11-16,13-18)19-15(3)4/h14-16,19H,6-12H2,1-5H3. The Morgan fingerprint density at radius 2 is 2.10 bits per heavy atom. The van der Waals surface area contributed by atoms with Crippen LogP contribution in [0.25, 0.3) is 0 Å². The second-order valence-corrected chi connectivity index (χ2v) is 7.12. The molecule has 0 spiro atoms. The fourth-order valence-electron chi connectivity index (χ4n) is 3.48. The van der Waals surface area contributed by atoms with Gasteiger partial charge in [0.05, 0.1) is 12.7 Å². The number of nitrogens with one attached hydrogen (secondary N) is 1. The number of rotatable bonds is 8. The molecule has 4 heteroatoms. The van der Waals surface area contributed by atoms with Crippen molar-refractivity contribution in [3.05, 3.63) is 0 Å². The Bertz CT molecular complexity index is 337. The van der Waals surface area contributed by atoms with E-state index in [1.165, 1.54) is 6.42 Å². The third-order valence-corrected chi connectivity index (χ3v) is 4.20. The van der Waals surface area contributed by atoms with Gasteiger partial charge in [0.2, 0.25) is 0 Å². The van der Waals surface area contributed by atoms with Crippen molar-refractivity contribution in [2.24, 2.45) is 5.92 Å². The maximum atomic E-state index is 9.69. The van der Waals surface area contributed by atoms with Crippen LogP contribution in [0.1, 0.15) is 53.4 Å². The van der Waals surface area contributed by atoms with Gasteiger partial charge in [-0.3, -0.25) is 10.2 Å². The van der Waals surface area contributed by atoms with Crippen LogP contribution in [0.4, 0.5) is 0 Å². The topological polar surface area (TPSA) is 48.3 Å². The predicted molar refractivity (Wildman–Crippen MR) is 87.2 cm³/mol. The molecule has 0 aromatic heterocycles. The molecular formula is C17H33N3O. The molecule has 1 aliphatic carbocycles. The van der Waals surface area contributed by atoms with Crippen LogP contribution in [-0.2, 0) is 4.74 Å². The van der Waals surface area contributed by atoms with E-state index in [4.69, 9.17) is 4.74 Å². The highest BCUT2D eigenvalue weighted by molar-refractivity contribution is 5.11. The number of methoxy groups -OCH3 is 1. The maximum Gasteiger partial charge on any atom is 0.108 e. The summed E-state index contributed by atoms with van der Waals surface area (Å²) in [5, 5.41) is 13.2. The van der Waals surface area contributed by atoms with Gasteiger partial charge in [0.25, 0.3) is 0 Å². The average Bonchev–Trinajstić information content (AvgIpc) is 2.42.